The van der Waals surface area contributed by atoms with Crippen molar-refractivity contribution in [2.24, 2.45) is 20.5 Å². The highest BCUT2D eigenvalue weighted by atomic mass is 32.2. The van der Waals surface area contributed by atoms with Crippen LogP contribution in [0.4, 0.5) is 22.7 Å². The molecule has 202 valence electrons. The molecule has 0 radical (unpaired) electrons. The summed E-state index contributed by atoms with van der Waals surface area (Å²) in [5.41, 5.74) is -1.13. The van der Waals surface area contributed by atoms with Crippen LogP contribution < -0.4 is 4.74 Å². The van der Waals surface area contributed by atoms with Gasteiger partial charge in [-0.2, -0.15) is 21.9 Å². The fourth-order valence-electron chi connectivity index (χ4n) is 3.43. The van der Waals surface area contributed by atoms with Crippen molar-refractivity contribution in [2.75, 3.05) is 7.11 Å². The first-order valence-electron chi connectivity index (χ1n) is 10.6. The average molecular weight is 575 g/mol. The van der Waals surface area contributed by atoms with Gasteiger partial charge in [0.1, 0.15) is 44.1 Å². The summed E-state index contributed by atoms with van der Waals surface area (Å²) in [5, 5.41) is 45.0. The van der Waals surface area contributed by atoms with Crippen LogP contribution in [0, 0.1) is 0 Å². The number of ether oxygens (including phenoxy) is 1. The van der Waals surface area contributed by atoms with Crippen molar-refractivity contribution in [2.45, 2.75) is 9.79 Å². The van der Waals surface area contributed by atoms with Gasteiger partial charge in [-0.3, -0.25) is 9.11 Å². The van der Waals surface area contributed by atoms with Crippen molar-refractivity contribution in [3.63, 3.8) is 0 Å². The number of nitrogens with zero attached hydrogens (tertiary/aromatic N) is 4. The number of aromatic hydroxyl groups is 3. The van der Waals surface area contributed by atoms with E-state index in [1.54, 1.807) is 0 Å². The maximum Gasteiger partial charge on any atom is 0.296 e. The molecule has 39 heavy (non-hydrogen) atoms. The molecular weight excluding hydrogens is 556 g/mol. The highest BCUT2D eigenvalue weighted by Crippen LogP contribution is 2.44. The fourth-order valence-corrected chi connectivity index (χ4v) is 4.71. The molecular formula is C23H18N4O10S2. The Morgan fingerprint density at radius 3 is 1.90 bits per heavy atom. The summed E-state index contributed by atoms with van der Waals surface area (Å²) in [7, 11) is -8.73. The normalized spacial score (nSPS) is 12.5. The van der Waals surface area contributed by atoms with Gasteiger partial charge >= 0.3 is 0 Å². The summed E-state index contributed by atoms with van der Waals surface area (Å²) in [6.45, 7) is 0. The zero-order chi connectivity index (χ0) is 28.5. The topological polar surface area (TPSA) is 228 Å². The second kappa shape index (κ2) is 10.3. The first-order chi connectivity index (χ1) is 18.3. The van der Waals surface area contributed by atoms with E-state index in [0.717, 1.165) is 24.3 Å². The van der Waals surface area contributed by atoms with Crippen molar-refractivity contribution >= 4 is 53.8 Å². The second-order valence-corrected chi connectivity index (χ2v) is 10.6. The first-order valence-corrected chi connectivity index (χ1v) is 13.4. The number of methoxy groups -OCH3 is 1. The molecule has 0 aromatic heterocycles. The van der Waals surface area contributed by atoms with Crippen LogP contribution in [0.5, 0.6) is 23.0 Å². The standard InChI is InChI=1S/C23H18N4O10S2/c1-37-19-10-18(20(38(31,32)33)11-17(19)25-24-13-2-4-14(28)5-3-13)26-27-22-21(39(34,35)36)9-12-8-15(29)6-7-16(12)23(22)30/h2-11,28-30H,1H3,(H,31,32,33)(H,34,35,36). The zero-order valence-corrected chi connectivity index (χ0v) is 21.3. The second-order valence-electron chi connectivity index (χ2n) is 7.84. The number of phenols is 3. The smallest absolute Gasteiger partial charge is 0.296 e. The number of azo groups is 2. The van der Waals surface area contributed by atoms with Gasteiger partial charge in [0.05, 0.1) is 12.8 Å². The molecule has 0 unspecified atom stereocenters. The van der Waals surface area contributed by atoms with Crippen molar-refractivity contribution in [1.82, 2.24) is 0 Å². The third-order valence-corrected chi connectivity index (χ3v) is 6.98. The summed E-state index contributed by atoms with van der Waals surface area (Å²) >= 11 is 0. The van der Waals surface area contributed by atoms with Crippen LogP contribution in [-0.4, -0.2) is 48.4 Å². The quantitative estimate of drug-likeness (QED) is 0.141. The lowest BCUT2D eigenvalue weighted by atomic mass is 10.1. The van der Waals surface area contributed by atoms with E-state index in [1.165, 1.54) is 43.5 Å². The Kier molecular flexibility index (Phi) is 7.21. The van der Waals surface area contributed by atoms with E-state index in [4.69, 9.17) is 4.74 Å². The lowest BCUT2D eigenvalue weighted by Gasteiger charge is -2.10. The summed E-state index contributed by atoms with van der Waals surface area (Å²) in [4.78, 5) is -1.70. The molecule has 4 aromatic rings. The summed E-state index contributed by atoms with van der Waals surface area (Å²) in [5.74, 6) is -1.08. The third kappa shape index (κ3) is 5.93. The van der Waals surface area contributed by atoms with Crippen molar-refractivity contribution in [3.8, 4) is 23.0 Å². The number of hydrogen-bond acceptors (Lipinski definition) is 12. The Morgan fingerprint density at radius 1 is 0.667 bits per heavy atom. The van der Waals surface area contributed by atoms with Gasteiger partial charge in [0.25, 0.3) is 20.2 Å². The van der Waals surface area contributed by atoms with E-state index >= 15 is 0 Å². The van der Waals surface area contributed by atoms with E-state index in [9.17, 15) is 41.3 Å². The van der Waals surface area contributed by atoms with Gasteiger partial charge in [-0.25, -0.2) is 0 Å². The monoisotopic (exact) mass is 574 g/mol. The van der Waals surface area contributed by atoms with Gasteiger partial charge in [0.15, 0.2) is 5.75 Å². The maximum absolute atomic E-state index is 12.1. The van der Waals surface area contributed by atoms with Crippen LogP contribution in [0.25, 0.3) is 10.8 Å². The molecule has 4 rings (SSSR count). The van der Waals surface area contributed by atoms with Crippen LogP contribution in [0.2, 0.25) is 0 Å². The molecule has 0 aliphatic heterocycles. The molecule has 0 aliphatic rings. The molecule has 0 atom stereocenters. The first kappa shape index (κ1) is 27.4. The molecule has 0 spiro atoms. The Hall–Kier alpha value is -4.64. The molecule has 0 aliphatic carbocycles. The molecule has 0 amide bonds. The van der Waals surface area contributed by atoms with E-state index < -0.39 is 47.2 Å². The number of fused-ring (bicyclic) bond motifs is 1. The molecule has 0 saturated carbocycles. The average Bonchev–Trinajstić information content (AvgIpc) is 2.86. The minimum atomic E-state index is -4.99. The third-order valence-electron chi connectivity index (χ3n) is 5.23. The lowest BCUT2D eigenvalue weighted by Crippen LogP contribution is -2.00. The van der Waals surface area contributed by atoms with Crippen molar-refractivity contribution < 1.29 is 46.0 Å². The minimum absolute atomic E-state index is 0.0114. The Morgan fingerprint density at radius 2 is 1.28 bits per heavy atom. The molecule has 4 aromatic carbocycles. The van der Waals surface area contributed by atoms with Crippen LogP contribution in [0.3, 0.4) is 0 Å². The molecule has 0 fully saturated rings. The van der Waals surface area contributed by atoms with Crippen molar-refractivity contribution in [1.29, 1.82) is 0 Å². The number of hydrogen-bond donors (Lipinski definition) is 5. The Labute approximate surface area is 220 Å². The number of rotatable bonds is 7. The van der Waals surface area contributed by atoms with Gasteiger partial charge in [-0.15, -0.1) is 15.3 Å². The molecule has 0 bridgehead atoms. The fraction of sp³-hybridized carbons (Fsp3) is 0.0435. The summed E-state index contributed by atoms with van der Waals surface area (Å²) in [6.07, 6.45) is 0. The Balaban J connectivity index is 1.88. The van der Waals surface area contributed by atoms with E-state index in [1.807, 2.05) is 0 Å². The van der Waals surface area contributed by atoms with Crippen LogP contribution in [0.1, 0.15) is 0 Å². The predicted octanol–water partition coefficient (Wildman–Crippen LogP) is 5.29. The highest BCUT2D eigenvalue weighted by Gasteiger charge is 2.24. The van der Waals surface area contributed by atoms with Gasteiger partial charge in [0, 0.05) is 11.5 Å². The SMILES string of the molecule is COc1cc(N=Nc2c(S(=O)(=O)O)cc3cc(O)ccc3c2O)c(S(=O)(=O)O)cc1N=Nc1ccc(O)cc1. The molecule has 5 N–H and O–H groups in total. The highest BCUT2D eigenvalue weighted by molar-refractivity contribution is 7.86. The van der Waals surface area contributed by atoms with Crippen LogP contribution >= 0.6 is 0 Å². The van der Waals surface area contributed by atoms with Gasteiger partial charge in [0.2, 0.25) is 0 Å². The Bertz CT molecular complexity index is 1870. The van der Waals surface area contributed by atoms with Crippen LogP contribution in [0.15, 0.2) is 90.9 Å². The maximum atomic E-state index is 12.1. The lowest BCUT2D eigenvalue weighted by molar-refractivity contribution is 0.415. The number of phenolic OH excluding ortho intramolecular Hbond substituents is 3. The van der Waals surface area contributed by atoms with E-state index in [2.05, 4.69) is 20.5 Å². The molecule has 0 heterocycles. The molecule has 0 saturated heterocycles. The van der Waals surface area contributed by atoms with Crippen LogP contribution in [-0.2, 0) is 20.2 Å². The summed E-state index contributed by atoms with van der Waals surface area (Å²) < 4.78 is 73.0. The number of benzene rings is 4. The predicted molar refractivity (Wildman–Crippen MR) is 136 cm³/mol. The van der Waals surface area contributed by atoms with Gasteiger partial charge < -0.3 is 20.1 Å². The summed E-state index contributed by atoms with van der Waals surface area (Å²) in [6, 6.07) is 12.0. The van der Waals surface area contributed by atoms with Gasteiger partial charge in [-0.1, -0.05) is 0 Å². The van der Waals surface area contributed by atoms with E-state index in [0.29, 0.717) is 5.69 Å². The zero-order valence-electron chi connectivity index (χ0n) is 19.7. The minimum Gasteiger partial charge on any atom is -0.508 e. The van der Waals surface area contributed by atoms with E-state index in [-0.39, 0.29) is 33.7 Å². The molecule has 14 nitrogen and oxygen atoms in total. The van der Waals surface area contributed by atoms with Crippen molar-refractivity contribution in [3.05, 3.63) is 60.7 Å². The van der Waals surface area contributed by atoms with Gasteiger partial charge in [-0.05, 0) is 60.0 Å². The molecule has 16 heteroatoms. The largest absolute Gasteiger partial charge is 0.508 e.